The zero-order chi connectivity index (χ0) is 15.4. The quantitative estimate of drug-likeness (QED) is 0.944. The number of aromatic nitrogens is 2. The van der Waals surface area contributed by atoms with Crippen molar-refractivity contribution < 1.29 is 9.53 Å². The van der Waals surface area contributed by atoms with E-state index in [-0.39, 0.29) is 12.1 Å². The number of hydrogen-bond donors (Lipinski definition) is 1. The monoisotopic (exact) mass is 300 g/mol. The van der Waals surface area contributed by atoms with Crippen LogP contribution in [0.4, 0.5) is 10.5 Å². The Labute approximate surface area is 129 Å². The van der Waals surface area contributed by atoms with Crippen LogP contribution in [0.2, 0.25) is 0 Å². The molecule has 1 aliphatic heterocycles. The third-order valence-electron chi connectivity index (χ3n) is 3.94. The van der Waals surface area contributed by atoms with Gasteiger partial charge in [-0.3, -0.25) is 4.68 Å². The van der Waals surface area contributed by atoms with E-state index in [2.05, 4.69) is 10.4 Å². The Kier molecular flexibility index (Phi) is 4.27. The van der Waals surface area contributed by atoms with Crippen molar-refractivity contribution in [2.24, 2.45) is 0 Å². The van der Waals surface area contributed by atoms with Gasteiger partial charge in [-0.15, -0.1) is 0 Å². The highest BCUT2D eigenvalue weighted by atomic mass is 16.5. The van der Waals surface area contributed by atoms with Gasteiger partial charge in [-0.05, 0) is 31.0 Å². The van der Waals surface area contributed by atoms with Crippen molar-refractivity contribution in [2.75, 3.05) is 19.0 Å². The summed E-state index contributed by atoms with van der Waals surface area (Å²) in [5.74, 6) is 0.665. The van der Waals surface area contributed by atoms with E-state index in [1.165, 1.54) is 0 Å². The van der Waals surface area contributed by atoms with Crippen LogP contribution in [-0.2, 0) is 6.54 Å². The van der Waals surface area contributed by atoms with Gasteiger partial charge in [-0.25, -0.2) is 4.79 Å². The van der Waals surface area contributed by atoms with Crippen LogP contribution in [0.5, 0.6) is 5.75 Å². The molecule has 0 radical (unpaired) electrons. The van der Waals surface area contributed by atoms with Crippen LogP contribution in [-0.4, -0.2) is 40.4 Å². The van der Waals surface area contributed by atoms with Crippen LogP contribution in [0, 0.1) is 0 Å². The third-order valence-corrected chi connectivity index (χ3v) is 3.94. The highest BCUT2D eigenvalue weighted by Gasteiger charge is 2.29. The Morgan fingerprint density at radius 1 is 1.41 bits per heavy atom. The highest BCUT2D eigenvalue weighted by molar-refractivity contribution is 5.91. The molecule has 2 amide bonds. The van der Waals surface area contributed by atoms with Gasteiger partial charge in [-0.1, -0.05) is 12.1 Å². The summed E-state index contributed by atoms with van der Waals surface area (Å²) < 4.78 is 7.15. The molecule has 3 rings (SSSR count). The lowest BCUT2D eigenvalue weighted by molar-refractivity contribution is 0.199. The number of hydrogen-bond acceptors (Lipinski definition) is 3. The van der Waals surface area contributed by atoms with E-state index in [4.69, 9.17) is 4.74 Å². The molecule has 1 aromatic heterocycles. The number of amides is 2. The smallest absolute Gasteiger partial charge is 0.322 e. The summed E-state index contributed by atoms with van der Waals surface area (Å²) in [7, 11) is 1.60. The van der Waals surface area contributed by atoms with Crippen LogP contribution >= 0.6 is 0 Å². The number of carbonyl (C=O) groups is 1. The number of anilines is 1. The molecule has 6 nitrogen and oxygen atoms in total. The Bertz CT molecular complexity index is 627. The van der Waals surface area contributed by atoms with E-state index >= 15 is 0 Å². The van der Waals surface area contributed by atoms with Crippen LogP contribution in [0.3, 0.4) is 0 Å². The largest absolute Gasteiger partial charge is 0.495 e. The zero-order valence-corrected chi connectivity index (χ0v) is 12.6. The average molecular weight is 300 g/mol. The molecule has 1 aromatic carbocycles. The van der Waals surface area contributed by atoms with Gasteiger partial charge in [0.05, 0.1) is 25.4 Å². The fourth-order valence-corrected chi connectivity index (χ4v) is 2.85. The first-order valence-electron chi connectivity index (χ1n) is 7.46. The lowest BCUT2D eigenvalue weighted by atomic mass is 10.2. The van der Waals surface area contributed by atoms with Gasteiger partial charge >= 0.3 is 6.03 Å². The number of methoxy groups -OCH3 is 1. The fraction of sp³-hybridized carbons (Fsp3) is 0.375. The number of ether oxygens (including phenoxy) is 1. The number of likely N-dealkylation sites (tertiary alicyclic amines) is 1. The van der Waals surface area contributed by atoms with Crippen molar-refractivity contribution in [3.63, 3.8) is 0 Å². The first-order chi connectivity index (χ1) is 10.8. The molecule has 1 N–H and O–H groups in total. The second-order valence-corrected chi connectivity index (χ2v) is 5.35. The third kappa shape index (κ3) is 3.05. The Morgan fingerprint density at radius 3 is 3.05 bits per heavy atom. The van der Waals surface area contributed by atoms with E-state index in [1.54, 1.807) is 13.3 Å². The Hall–Kier alpha value is -2.50. The normalized spacial score (nSPS) is 17.5. The minimum Gasteiger partial charge on any atom is -0.495 e. The molecule has 22 heavy (non-hydrogen) atoms. The predicted octanol–water partition coefficient (Wildman–Crippen LogP) is 2.59. The van der Waals surface area contributed by atoms with Gasteiger partial charge in [0.1, 0.15) is 5.75 Å². The van der Waals surface area contributed by atoms with Gasteiger partial charge in [0.25, 0.3) is 0 Å². The van der Waals surface area contributed by atoms with E-state index < -0.39 is 0 Å². The van der Waals surface area contributed by atoms with Crippen LogP contribution in [0.1, 0.15) is 12.8 Å². The summed E-state index contributed by atoms with van der Waals surface area (Å²) in [6.45, 7) is 1.50. The first-order valence-corrected chi connectivity index (χ1v) is 7.46. The number of nitrogens with one attached hydrogen (secondary N) is 1. The summed E-state index contributed by atoms with van der Waals surface area (Å²) >= 11 is 0. The Balaban J connectivity index is 1.68. The summed E-state index contributed by atoms with van der Waals surface area (Å²) in [5, 5.41) is 7.17. The molecule has 1 saturated heterocycles. The zero-order valence-electron chi connectivity index (χ0n) is 12.6. The Morgan fingerprint density at radius 2 is 2.27 bits per heavy atom. The molecule has 2 heterocycles. The lowest BCUT2D eigenvalue weighted by Gasteiger charge is -2.25. The van der Waals surface area contributed by atoms with Gasteiger partial charge in [0.2, 0.25) is 0 Å². The molecule has 2 aromatic rings. The van der Waals surface area contributed by atoms with Crippen molar-refractivity contribution in [3.05, 3.63) is 42.7 Å². The molecule has 6 heteroatoms. The van der Waals surface area contributed by atoms with Crippen molar-refractivity contribution in [1.82, 2.24) is 14.7 Å². The molecule has 0 bridgehead atoms. The fourth-order valence-electron chi connectivity index (χ4n) is 2.85. The second kappa shape index (κ2) is 6.51. The first kappa shape index (κ1) is 14.4. The highest BCUT2D eigenvalue weighted by Crippen LogP contribution is 2.25. The van der Waals surface area contributed by atoms with Gasteiger partial charge in [0, 0.05) is 18.9 Å². The van der Waals surface area contributed by atoms with E-state index in [0.29, 0.717) is 11.4 Å². The van der Waals surface area contributed by atoms with Crippen molar-refractivity contribution >= 4 is 11.7 Å². The lowest BCUT2D eigenvalue weighted by Crippen LogP contribution is -2.40. The van der Waals surface area contributed by atoms with E-state index in [1.807, 2.05) is 46.1 Å². The minimum absolute atomic E-state index is 0.0841. The molecule has 1 atom stereocenters. The van der Waals surface area contributed by atoms with Crippen LogP contribution < -0.4 is 10.1 Å². The summed E-state index contributed by atoms with van der Waals surface area (Å²) in [6.07, 6.45) is 5.70. The predicted molar refractivity (Wildman–Crippen MR) is 84.0 cm³/mol. The molecular weight excluding hydrogens is 280 g/mol. The molecule has 116 valence electrons. The van der Waals surface area contributed by atoms with E-state index in [0.717, 1.165) is 25.9 Å². The van der Waals surface area contributed by atoms with E-state index in [9.17, 15) is 4.79 Å². The molecule has 0 saturated carbocycles. The molecule has 0 spiro atoms. The number of nitrogens with zero attached hydrogens (tertiary/aromatic N) is 3. The number of rotatable bonds is 4. The topological polar surface area (TPSA) is 59.4 Å². The summed E-state index contributed by atoms with van der Waals surface area (Å²) in [4.78, 5) is 14.4. The van der Waals surface area contributed by atoms with Crippen molar-refractivity contribution in [2.45, 2.75) is 25.4 Å². The number of benzene rings is 1. The number of carbonyl (C=O) groups excluding carboxylic acids is 1. The second-order valence-electron chi connectivity index (χ2n) is 5.35. The van der Waals surface area contributed by atoms with Crippen molar-refractivity contribution in [1.29, 1.82) is 0 Å². The molecule has 0 unspecified atom stereocenters. The molecule has 1 aliphatic rings. The summed E-state index contributed by atoms with van der Waals surface area (Å²) in [5.41, 5.74) is 0.694. The molecule has 0 aliphatic carbocycles. The van der Waals surface area contributed by atoms with Gasteiger partial charge in [0.15, 0.2) is 0 Å². The van der Waals surface area contributed by atoms with Crippen LogP contribution in [0.25, 0.3) is 0 Å². The summed E-state index contributed by atoms with van der Waals surface area (Å²) in [6, 6.07) is 9.42. The van der Waals surface area contributed by atoms with Crippen molar-refractivity contribution in [3.8, 4) is 5.75 Å². The van der Waals surface area contributed by atoms with Gasteiger partial charge in [-0.2, -0.15) is 5.10 Å². The standard InChI is InChI=1S/C16H20N4O2/c1-22-15-8-3-2-7-14(15)18-16(21)20-11-4-6-13(20)12-19-10-5-9-17-19/h2-3,5,7-10,13H,4,6,11-12H2,1H3,(H,18,21)/t13-/m1/s1. The minimum atomic E-state index is -0.0841. The van der Waals surface area contributed by atoms with Crippen LogP contribution in [0.15, 0.2) is 42.7 Å². The number of para-hydroxylation sites is 2. The van der Waals surface area contributed by atoms with Gasteiger partial charge < -0.3 is 15.0 Å². The number of urea groups is 1. The SMILES string of the molecule is COc1ccccc1NC(=O)N1CCC[C@@H]1Cn1cccn1. The molecule has 1 fully saturated rings. The maximum atomic E-state index is 12.6. The average Bonchev–Trinajstić information content (AvgIpc) is 3.20. The maximum absolute atomic E-state index is 12.6. The molecular formula is C16H20N4O2. The maximum Gasteiger partial charge on any atom is 0.322 e.